The summed E-state index contributed by atoms with van der Waals surface area (Å²) in [5.74, 6) is 1.19. The van der Waals surface area contributed by atoms with E-state index in [1.807, 2.05) is 75.4 Å². The number of carbonyl (C=O) groups is 1. The van der Waals surface area contributed by atoms with Crippen LogP contribution in [0.25, 0.3) is 10.9 Å². The Labute approximate surface area is 170 Å². The molecule has 3 aromatic rings. The van der Waals surface area contributed by atoms with Gasteiger partial charge in [0.1, 0.15) is 5.82 Å². The molecule has 1 heterocycles. The van der Waals surface area contributed by atoms with Crippen molar-refractivity contribution in [1.82, 2.24) is 9.97 Å². The summed E-state index contributed by atoms with van der Waals surface area (Å²) in [6.45, 7) is 5.65. The van der Waals surface area contributed by atoms with Crippen molar-refractivity contribution in [3.05, 3.63) is 66.0 Å². The second-order valence-electron chi connectivity index (χ2n) is 7.15. The zero-order valence-electron chi connectivity index (χ0n) is 16.9. The third kappa shape index (κ3) is 9.83. The third-order valence-corrected chi connectivity index (χ3v) is 3.07. The van der Waals surface area contributed by atoms with Crippen LogP contribution >= 0.6 is 0 Å². The largest absolute Gasteiger partial charge is 0.483 e. The SMILES string of the molecule is CC(C)(C)N.NC(N)=Nc1nc(Cc2ccccc2)nc2ccccc12.O=CO. The first-order valence-electron chi connectivity index (χ1n) is 8.90. The number of para-hydroxylation sites is 1. The van der Waals surface area contributed by atoms with E-state index in [0.29, 0.717) is 18.1 Å². The van der Waals surface area contributed by atoms with Gasteiger partial charge in [-0.3, -0.25) is 4.79 Å². The second kappa shape index (κ2) is 11.4. The van der Waals surface area contributed by atoms with Crippen LogP contribution in [-0.4, -0.2) is 33.0 Å². The summed E-state index contributed by atoms with van der Waals surface area (Å²) >= 11 is 0. The Kier molecular flexibility index (Phi) is 9.21. The zero-order valence-corrected chi connectivity index (χ0v) is 16.9. The number of fused-ring (bicyclic) bond motifs is 1. The molecule has 0 fully saturated rings. The summed E-state index contributed by atoms with van der Waals surface area (Å²) in [4.78, 5) is 21.5. The smallest absolute Gasteiger partial charge is 0.290 e. The molecule has 3 rings (SSSR count). The molecule has 0 saturated heterocycles. The minimum Gasteiger partial charge on any atom is -0.483 e. The van der Waals surface area contributed by atoms with Gasteiger partial charge in [0, 0.05) is 17.3 Å². The molecule has 0 aliphatic heterocycles. The molecule has 2 aromatic carbocycles. The summed E-state index contributed by atoms with van der Waals surface area (Å²) in [7, 11) is 0. The molecule has 8 heteroatoms. The van der Waals surface area contributed by atoms with E-state index in [1.165, 1.54) is 0 Å². The van der Waals surface area contributed by atoms with Gasteiger partial charge in [-0.2, -0.15) is 4.99 Å². The van der Waals surface area contributed by atoms with E-state index in [-0.39, 0.29) is 18.0 Å². The van der Waals surface area contributed by atoms with Crippen LogP contribution in [-0.2, 0) is 11.2 Å². The molecule has 0 aliphatic carbocycles. The Bertz CT molecular complexity index is 927. The van der Waals surface area contributed by atoms with Crippen LogP contribution in [0.15, 0.2) is 59.6 Å². The molecule has 0 radical (unpaired) electrons. The van der Waals surface area contributed by atoms with Gasteiger partial charge in [0.25, 0.3) is 6.47 Å². The molecular weight excluding hydrogens is 368 g/mol. The van der Waals surface area contributed by atoms with Crippen LogP contribution in [0.4, 0.5) is 5.82 Å². The first-order chi connectivity index (χ1) is 13.6. The van der Waals surface area contributed by atoms with E-state index in [9.17, 15) is 0 Å². The second-order valence-corrected chi connectivity index (χ2v) is 7.15. The minimum atomic E-state index is -0.250. The van der Waals surface area contributed by atoms with Gasteiger partial charge in [0.05, 0.1) is 5.52 Å². The molecule has 0 spiro atoms. The summed E-state index contributed by atoms with van der Waals surface area (Å²) in [6, 6.07) is 17.7. The fourth-order valence-corrected chi connectivity index (χ4v) is 2.17. The maximum atomic E-state index is 8.36. The van der Waals surface area contributed by atoms with Gasteiger partial charge in [0.15, 0.2) is 11.8 Å². The number of hydrogen-bond donors (Lipinski definition) is 4. The van der Waals surface area contributed by atoms with Gasteiger partial charge in [0.2, 0.25) is 0 Å². The van der Waals surface area contributed by atoms with Gasteiger partial charge in [-0.15, -0.1) is 0 Å². The van der Waals surface area contributed by atoms with Crippen LogP contribution in [0.1, 0.15) is 32.2 Å². The molecular formula is C21H28N6O2. The number of rotatable bonds is 3. The Morgan fingerprint density at radius 3 is 2.10 bits per heavy atom. The topological polar surface area (TPSA) is 154 Å². The molecule has 154 valence electrons. The van der Waals surface area contributed by atoms with E-state index in [2.05, 4.69) is 15.0 Å². The molecule has 1 aromatic heterocycles. The van der Waals surface area contributed by atoms with Gasteiger partial charge in [-0.25, -0.2) is 9.97 Å². The van der Waals surface area contributed by atoms with Gasteiger partial charge >= 0.3 is 0 Å². The average molecular weight is 396 g/mol. The van der Waals surface area contributed by atoms with Crippen LogP contribution in [0.5, 0.6) is 0 Å². The van der Waals surface area contributed by atoms with E-state index in [1.54, 1.807) is 0 Å². The lowest BCUT2D eigenvalue weighted by molar-refractivity contribution is -0.122. The Hall–Kier alpha value is -3.52. The van der Waals surface area contributed by atoms with Crippen LogP contribution in [0, 0.1) is 0 Å². The molecule has 0 unspecified atom stereocenters. The number of aliphatic imine (C=N–C) groups is 1. The van der Waals surface area contributed by atoms with Crippen molar-refractivity contribution < 1.29 is 9.90 Å². The highest BCUT2D eigenvalue weighted by molar-refractivity contribution is 5.91. The Balaban J connectivity index is 0.000000452. The maximum absolute atomic E-state index is 8.36. The average Bonchev–Trinajstić information content (AvgIpc) is 2.61. The number of aromatic nitrogens is 2. The van der Waals surface area contributed by atoms with Crippen molar-refractivity contribution in [3.8, 4) is 0 Å². The lowest BCUT2D eigenvalue weighted by Crippen LogP contribution is -2.26. The third-order valence-electron chi connectivity index (χ3n) is 3.07. The summed E-state index contributed by atoms with van der Waals surface area (Å²) < 4.78 is 0. The Morgan fingerprint density at radius 2 is 1.55 bits per heavy atom. The van der Waals surface area contributed by atoms with Crippen molar-refractivity contribution in [2.75, 3.05) is 0 Å². The molecule has 8 nitrogen and oxygen atoms in total. The van der Waals surface area contributed by atoms with E-state index in [4.69, 9.17) is 27.1 Å². The predicted octanol–water partition coefficient (Wildman–Crippen LogP) is 2.57. The first-order valence-corrected chi connectivity index (χ1v) is 8.90. The number of guanidine groups is 1. The molecule has 0 bridgehead atoms. The molecule has 0 aliphatic rings. The van der Waals surface area contributed by atoms with Gasteiger partial charge in [-0.05, 0) is 38.5 Å². The fraction of sp³-hybridized carbons (Fsp3) is 0.238. The van der Waals surface area contributed by atoms with Crippen molar-refractivity contribution in [1.29, 1.82) is 0 Å². The van der Waals surface area contributed by atoms with Crippen molar-refractivity contribution in [2.45, 2.75) is 32.7 Å². The van der Waals surface area contributed by atoms with E-state index >= 15 is 0 Å². The van der Waals surface area contributed by atoms with Crippen molar-refractivity contribution in [3.63, 3.8) is 0 Å². The lowest BCUT2D eigenvalue weighted by atomic mass is 10.1. The maximum Gasteiger partial charge on any atom is 0.290 e. The highest BCUT2D eigenvalue weighted by atomic mass is 16.3. The number of benzene rings is 2. The monoisotopic (exact) mass is 396 g/mol. The lowest BCUT2D eigenvalue weighted by Gasteiger charge is -2.06. The summed E-state index contributed by atoms with van der Waals surface area (Å²) in [6.07, 6.45) is 0.638. The molecule has 29 heavy (non-hydrogen) atoms. The zero-order chi connectivity index (χ0) is 21.9. The highest BCUT2D eigenvalue weighted by Gasteiger charge is 2.07. The number of hydrogen-bond acceptors (Lipinski definition) is 5. The molecule has 0 amide bonds. The minimum absolute atomic E-state index is 0. The van der Waals surface area contributed by atoms with Crippen LogP contribution in [0.2, 0.25) is 0 Å². The number of carboxylic acid groups (broad SMARTS) is 1. The fourth-order valence-electron chi connectivity index (χ4n) is 2.17. The standard InChI is InChI=1S/C16H15N5.C4H11N.CH2O2/c17-16(18)21-15-12-8-4-5-9-13(12)19-14(20-15)10-11-6-2-1-3-7-11;1-4(2,3)5;2-1-3/h1-9H,10H2,(H4,17,18,19,20,21);5H2,1-3H3;1H,(H,2,3). The van der Waals surface area contributed by atoms with E-state index in [0.717, 1.165) is 16.5 Å². The van der Waals surface area contributed by atoms with Crippen molar-refractivity contribution >= 4 is 29.2 Å². The summed E-state index contributed by atoms with van der Waals surface area (Å²) in [5, 5.41) is 7.72. The predicted molar refractivity (Wildman–Crippen MR) is 117 cm³/mol. The van der Waals surface area contributed by atoms with Crippen LogP contribution in [0.3, 0.4) is 0 Å². The Morgan fingerprint density at radius 1 is 1.03 bits per heavy atom. The normalized spacial score (nSPS) is 10.1. The number of nitrogens with two attached hydrogens (primary N) is 3. The molecule has 7 N–H and O–H groups in total. The highest BCUT2D eigenvalue weighted by Crippen LogP contribution is 2.23. The molecule has 0 saturated carbocycles. The van der Waals surface area contributed by atoms with Gasteiger partial charge in [-0.1, -0.05) is 42.5 Å². The van der Waals surface area contributed by atoms with Crippen LogP contribution < -0.4 is 17.2 Å². The van der Waals surface area contributed by atoms with Gasteiger partial charge < -0.3 is 22.3 Å². The van der Waals surface area contributed by atoms with E-state index < -0.39 is 0 Å². The quantitative estimate of drug-likeness (QED) is 0.301. The van der Waals surface area contributed by atoms with Crippen molar-refractivity contribution in [2.24, 2.45) is 22.2 Å². The number of nitrogens with zero attached hydrogens (tertiary/aromatic N) is 3. The molecule has 0 atom stereocenters. The first kappa shape index (κ1) is 23.5. The summed E-state index contributed by atoms with van der Waals surface area (Å²) in [5.41, 5.74) is 18.3.